The molecule has 1 aromatic rings. The highest BCUT2D eigenvalue weighted by Gasteiger charge is 2.24. The van der Waals surface area contributed by atoms with Crippen LogP contribution in [0.5, 0.6) is 0 Å². The van der Waals surface area contributed by atoms with Gasteiger partial charge in [0.2, 0.25) is 0 Å². The Labute approximate surface area is 129 Å². The van der Waals surface area contributed by atoms with Gasteiger partial charge < -0.3 is 9.47 Å². The average molecular weight is 313 g/mol. The first-order chi connectivity index (χ1) is 10.0. The van der Waals surface area contributed by atoms with Crippen LogP contribution < -0.4 is 5.32 Å². The summed E-state index contributed by atoms with van der Waals surface area (Å²) in [6.07, 6.45) is 1.18. The fourth-order valence-electron chi connectivity index (χ4n) is 1.92. The maximum Gasteiger partial charge on any atom is 0.323 e. The molecule has 0 saturated carbocycles. The highest BCUT2D eigenvalue weighted by atomic mass is 32.1. The predicted octanol–water partition coefficient (Wildman–Crippen LogP) is 2.14. The zero-order valence-electron chi connectivity index (χ0n) is 13.0. The molecule has 0 aliphatic rings. The minimum atomic E-state index is -0.314. The number of carbonyl (C=O) groups is 2. The molecule has 2 unspecified atom stereocenters. The van der Waals surface area contributed by atoms with Crippen molar-refractivity contribution in [1.82, 2.24) is 5.32 Å². The van der Waals surface area contributed by atoms with E-state index in [1.807, 2.05) is 26.0 Å². The maximum atomic E-state index is 11.8. The molecule has 21 heavy (non-hydrogen) atoms. The number of nitrogens with one attached hydrogen (secondary N) is 1. The van der Waals surface area contributed by atoms with Crippen LogP contribution in [0.25, 0.3) is 0 Å². The second-order valence-corrected chi connectivity index (χ2v) is 6.14. The molecule has 0 aliphatic heterocycles. The number of rotatable bonds is 8. The van der Waals surface area contributed by atoms with E-state index in [0.29, 0.717) is 6.54 Å². The molecule has 1 rings (SSSR count). The van der Waals surface area contributed by atoms with Crippen LogP contribution >= 0.6 is 11.3 Å². The van der Waals surface area contributed by atoms with E-state index in [1.165, 1.54) is 14.2 Å². The van der Waals surface area contributed by atoms with Crippen LogP contribution in [0.2, 0.25) is 0 Å². The Hall–Kier alpha value is -1.40. The van der Waals surface area contributed by atoms with E-state index in [9.17, 15) is 9.59 Å². The van der Waals surface area contributed by atoms with E-state index < -0.39 is 0 Å². The maximum absolute atomic E-state index is 11.8. The van der Waals surface area contributed by atoms with Gasteiger partial charge in [0, 0.05) is 16.3 Å². The first kappa shape index (κ1) is 17.7. The molecule has 0 aliphatic carbocycles. The molecule has 1 heterocycles. The van der Waals surface area contributed by atoms with E-state index in [-0.39, 0.29) is 30.3 Å². The zero-order chi connectivity index (χ0) is 15.8. The largest absolute Gasteiger partial charge is 0.469 e. The molecule has 0 radical (unpaired) electrons. The second kappa shape index (κ2) is 8.79. The van der Waals surface area contributed by atoms with Crippen molar-refractivity contribution in [1.29, 1.82) is 0 Å². The molecule has 0 aromatic carbocycles. The van der Waals surface area contributed by atoms with Gasteiger partial charge in [0.05, 0.1) is 20.6 Å². The van der Waals surface area contributed by atoms with E-state index in [4.69, 9.17) is 4.74 Å². The molecule has 2 atom stereocenters. The molecule has 0 spiro atoms. The van der Waals surface area contributed by atoms with Crippen LogP contribution in [0, 0.1) is 5.92 Å². The van der Waals surface area contributed by atoms with Crippen molar-refractivity contribution in [3.8, 4) is 0 Å². The predicted molar refractivity (Wildman–Crippen MR) is 82.1 cm³/mol. The lowest BCUT2D eigenvalue weighted by atomic mass is 9.99. The topological polar surface area (TPSA) is 64.6 Å². The van der Waals surface area contributed by atoms with Crippen molar-refractivity contribution in [3.63, 3.8) is 0 Å². The third kappa shape index (κ3) is 5.47. The number of hydrogen-bond donors (Lipinski definition) is 1. The van der Waals surface area contributed by atoms with Crippen LogP contribution in [0.1, 0.15) is 30.0 Å². The summed E-state index contributed by atoms with van der Waals surface area (Å²) in [6.45, 7) is 4.64. The standard InChI is InChI=1S/C15H23NO4S/c1-5-10(2)14(15(18)20-4)16-9-12-7-6-11(21-12)8-13(17)19-3/h6-7,10,14,16H,5,8-9H2,1-4H3. The summed E-state index contributed by atoms with van der Waals surface area (Å²) in [5.41, 5.74) is 0. The van der Waals surface area contributed by atoms with Gasteiger partial charge in [-0.15, -0.1) is 11.3 Å². The number of ether oxygens (including phenoxy) is 2. The number of hydrogen-bond acceptors (Lipinski definition) is 6. The molecule has 5 nitrogen and oxygen atoms in total. The average Bonchev–Trinajstić information content (AvgIpc) is 2.93. The summed E-state index contributed by atoms with van der Waals surface area (Å²) >= 11 is 1.54. The molecular formula is C15H23NO4S. The van der Waals surface area contributed by atoms with E-state index >= 15 is 0 Å². The minimum absolute atomic E-state index is 0.201. The molecule has 0 fully saturated rings. The quantitative estimate of drug-likeness (QED) is 0.745. The molecule has 0 bridgehead atoms. The minimum Gasteiger partial charge on any atom is -0.469 e. The van der Waals surface area contributed by atoms with Gasteiger partial charge in [-0.05, 0) is 18.1 Å². The summed E-state index contributed by atoms with van der Waals surface area (Å²) < 4.78 is 9.48. The third-order valence-electron chi connectivity index (χ3n) is 3.43. The third-order valence-corrected chi connectivity index (χ3v) is 4.51. The molecule has 0 amide bonds. The number of carbonyl (C=O) groups excluding carboxylic acids is 2. The summed E-state index contributed by atoms with van der Waals surface area (Å²) in [6, 6.07) is 3.56. The van der Waals surface area contributed by atoms with Crippen LogP contribution in [-0.2, 0) is 32.0 Å². The summed E-state index contributed by atoms with van der Waals surface area (Å²) in [7, 11) is 2.78. The molecule has 1 aromatic heterocycles. The Morgan fingerprint density at radius 2 is 1.90 bits per heavy atom. The molecule has 6 heteroatoms. The van der Waals surface area contributed by atoms with Crippen molar-refractivity contribution in [3.05, 3.63) is 21.9 Å². The molecule has 0 saturated heterocycles. The SMILES string of the molecule is CCC(C)C(NCc1ccc(CC(=O)OC)s1)C(=O)OC. The number of thiophene rings is 1. The van der Waals surface area contributed by atoms with Gasteiger partial charge >= 0.3 is 11.9 Å². The summed E-state index contributed by atoms with van der Waals surface area (Å²) in [5, 5.41) is 3.24. The van der Waals surface area contributed by atoms with Gasteiger partial charge in [0.25, 0.3) is 0 Å². The Morgan fingerprint density at radius 3 is 2.48 bits per heavy atom. The zero-order valence-corrected chi connectivity index (χ0v) is 13.8. The Morgan fingerprint density at radius 1 is 1.24 bits per heavy atom. The van der Waals surface area contributed by atoms with E-state index in [0.717, 1.165) is 16.2 Å². The monoisotopic (exact) mass is 313 g/mol. The lowest BCUT2D eigenvalue weighted by Crippen LogP contribution is -2.42. The van der Waals surface area contributed by atoms with Gasteiger partial charge in [0.1, 0.15) is 6.04 Å². The van der Waals surface area contributed by atoms with Crippen LogP contribution in [-0.4, -0.2) is 32.2 Å². The van der Waals surface area contributed by atoms with Gasteiger partial charge in [0.15, 0.2) is 0 Å². The van der Waals surface area contributed by atoms with Crippen molar-refractivity contribution in [2.45, 2.75) is 39.3 Å². The fourth-order valence-corrected chi connectivity index (χ4v) is 2.87. The van der Waals surface area contributed by atoms with Crippen LogP contribution in [0.3, 0.4) is 0 Å². The highest BCUT2D eigenvalue weighted by Crippen LogP contribution is 2.18. The van der Waals surface area contributed by atoms with E-state index in [1.54, 1.807) is 11.3 Å². The van der Waals surface area contributed by atoms with Crippen LogP contribution in [0.4, 0.5) is 0 Å². The van der Waals surface area contributed by atoms with Gasteiger partial charge in [-0.3, -0.25) is 14.9 Å². The normalized spacial score (nSPS) is 13.5. The van der Waals surface area contributed by atoms with Crippen molar-refractivity contribution in [2.24, 2.45) is 5.92 Å². The van der Waals surface area contributed by atoms with Crippen molar-refractivity contribution in [2.75, 3.05) is 14.2 Å². The lowest BCUT2D eigenvalue weighted by Gasteiger charge is -2.21. The van der Waals surface area contributed by atoms with Crippen molar-refractivity contribution < 1.29 is 19.1 Å². The Kier molecular flexibility index (Phi) is 7.39. The smallest absolute Gasteiger partial charge is 0.323 e. The first-order valence-electron chi connectivity index (χ1n) is 6.97. The van der Waals surface area contributed by atoms with Gasteiger partial charge in [-0.1, -0.05) is 20.3 Å². The summed E-state index contributed by atoms with van der Waals surface area (Å²) in [5.74, 6) is -0.286. The Bertz CT molecular complexity index is 472. The first-order valence-corrected chi connectivity index (χ1v) is 7.79. The highest BCUT2D eigenvalue weighted by molar-refractivity contribution is 7.12. The second-order valence-electron chi connectivity index (χ2n) is 4.89. The van der Waals surface area contributed by atoms with Crippen molar-refractivity contribution >= 4 is 23.3 Å². The summed E-state index contributed by atoms with van der Waals surface area (Å²) in [4.78, 5) is 25.0. The molecule has 1 N–H and O–H groups in total. The number of esters is 2. The van der Waals surface area contributed by atoms with Gasteiger partial charge in [-0.25, -0.2) is 0 Å². The Balaban J connectivity index is 2.60. The van der Waals surface area contributed by atoms with Gasteiger partial charge in [-0.2, -0.15) is 0 Å². The lowest BCUT2D eigenvalue weighted by molar-refractivity contribution is -0.144. The molecule has 118 valence electrons. The van der Waals surface area contributed by atoms with E-state index in [2.05, 4.69) is 10.1 Å². The fraction of sp³-hybridized carbons (Fsp3) is 0.600. The molecular weight excluding hydrogens is 290 g/mol. The van der Waals surface area contributed by atoms with Crippen LogP contribution in [0.15, 0.2) is 12.1 Å². The number of methoxy groups -OCH3 is 2.